The van der Waals surface area contributed by atoms with E-state index in [0.29, 0.717) is 6.54 Å². The first-order valence-corrected chi connectivity index (χ1v) is 8.08. The molecule has 0 aliphatic carbocycles. The number of aromatic nitrogens is 4. The van der Waals surface area contributed by atoms with Gasteiger partial charge in [-0.25, -0.2) is 9.67 Å². The van der Waals surface area contributed by atoms with Crippen LogP contribution in [0.5, 0.6) is 5.75 Å². The third kappa shape index (κ3) is 3.35. The van der Waals surface area contributed by atoms with E-state index in [1.54, 1.807) is 6.20 Å². The SMILES string of the molecule is O=C(Cn1cncn1)NC[C@H]1Cc2cccc(-c3ccccn3)c2O1. The van der Waals surface area contributed by atoms with Gasteiger partial charge in [-0.3, -0.25) is 9.78 Å². The van der Waals surface area contributed by atoms with Gasteiger partial charge in [0.15, 0.2) is 0 Å². The second kappa shape index (κ2) is 6.72. The minimum Gasteiger partial charge on any atom is -0.487 e. The molecular formula is C18H17N5O2. The fourth-order valence-corrected chi connectivity index (χ4v) is 2.92. The summed E-state index contributed by atoms with van der Waals surface area (Å²) in [6.07, 6.45) is 5.37. The van der Waals surface area contributed by atoms with Crippen LogP contribution in [0, 0.1) is 0 Å². The first-order chi connectivity index (χ1) is 12.3. The van der Waals surface area contributed by atoms with Crippen molar-refractivity contribution in [1.82, 2.24) is 25.1 Å². The van der Waals surface area contributed by atoms with Crippen molar-refractivity contribution in [3.63, 3.8) is 0 Å². The minimum atomic E-state index is -0.116. The van der Waals surface area contributed by atoms with Crippen molar-refractivity contribution in [3.05, 3.63) is 60.8 Å². The fraction of sp³-hybridized carbons (Fsp3) is 0.222. The number of ether oxygens (including phenoxy) is 1. The molecule has 0 spiro atoms. The Bertz CT molecular complexity index is 864. The maximum Gasteiger partial charge on any atom is 0.241 e. The highest BCUT2D eigenvalue weighted by molar-refractivity contribution is 5.75. The zero-order chi connectivity index (χ0) is 17.1. The molecular weight excluding hydrogens is 318 g/mol. The molecule has 1 atom stereocenters. The topological polar surface area (TPSA) is 81.9 Å². The van der Waals surface area contributed by atoms with E-state index in [2.05, 4.69) is 26.4 Å². The molecule has 1 amide bonds. The van der Waals surface area contributed by atoms with Gasteiger partial charge in [0.1, 0.15) is 31.1 Å². The molecule has 0 saturated carbocycles. The average Bonchev–Trinajstić information content (AvgIpc) is 3.29. The molecule has 2 aromatic heterocycles. The van der Waals surface area contributed by atoms with Crippen LogP contribution in [0.1, 0.15) is 5.56 Å². The number of benzene rings is 1. The molecule has 1 aliphatic heterocycles. The van der Waals surface area contributed by atoms with E-state index in [1.807, 2.05) is 30.3 Å². The van der Waals surface area contributed by atoms with Crippen molar-refractivity contribution < 1.29 is 9.53 Å². The Balaban J connectivity index is 1.41. The highest BCUT2D eigenvalue weighted by Crippen LogP contribution is 2.37. The first-order valence-electron chi connectivity index (χ1n) is 8.08. The van der Waals surface area contributed by atoms with Crippen LogP contribution >= 0.6 is 0 Å². The predicted molar refractivity (Wildman–Crippen MR) is 90.8 cm³/mol. The fourth-order valence-electron chi connectivity index (χ4n) is 2.92. The van der Waals surface area contributed by atoms with E-state index in [4.69, 9.17) is 4.74 Å². The summed E-state index contributed by atoms with van der Waals surface area (Å²) in [4.78, 5) is 20.2. The predicted octanol–water partition coefficient (Wildman–Crippen LogP) is 1.46. The number of hydrogen-bond acceptors (Lipinski definition) is 5. The molecule has 0 unspecified atom stereocenters. The smallest absolute Gasteiger partial charge is 0.241 e. The quantitative estimate of drug-likeness (QED) is 0.763. The zero-order valence-electron chi connectivity index (χ0n) is 13.5. The van der Waals surface area contributed by atoms with E-state index in [0.717, 1.165) is 29.0 Å². The van der Waals surface area contributed by atoms with Crippen molar-refractivity contribution in [2.75, 3.05) is 6.54 Å². The largest absolute Gasteiger partial charge is 0.487 e. The Labute approximate surface area is 144 Å². The van der Waals surface area contributed by atoms with Gasteiger partial charge in [0.05, 0.1) is 12.2 Å². The van der Waals surface area contributed by atoms with Gasteiger partial charge in [-0.2, -0.15) is 5.10 Å². The van der Waals surface area contributed by atoms with E-state index < -0.39 is 0 Å². The second-order valence-electron chi connectivity index (χ2n) is 5.85. The normalized spacial score (nSPS) is 15.4. The van der Waals surface area contributed by atoms with Crippen LogP contribution in [0.2, 0.25) is 0 Å². The molecule has 3 aromatic rings. The van der Waals surface area contributed by atoms with Crippen molar-refractivity contribution in [1.29, 1.82) is 0 Å². The molecule has 0 saturated heterocycles. The van der Waals surface area contributed by atoms with Gasteiger partial charge in [-0.05, 0) is 23.8 Å². The summed E-state index contributed by atoms with van der Waals surface area (Å²) in [7, 11) is 0. The maximum absolute atomic E-state index is 12.0. The monoisotopic (exact) mass is 335 g/mol. The van der Waals surface area contributed by atoms with Crippen LogP contribution in [-0.4, -0.2) is 38.3 Å². The molecule has 0 bridgehead atoms. The van der Waals surface area contributed by atoms with E-state index in [9.17, 15) is 4.79 Å². The standard InChI is InChI=1S/C18H17N5O2/c24-17(10-23-12-19-11-22-23)21-9-14-8-13-4-3-5-15(18(13)25-14)16-6-1-2-7-20-16/h1-7,11-12,14H,8-10H2,(H,21,24)/t14-/m1/s1. The van der Waals surface area contributed by atoms with Crippen LogP contribution in [0.3, 0.4) is 0 Å². The lowest BCUT2D eigenvalue weighted by molar-refractivity contribution is -0.122. The number of rotatable bonds is 5. The molecule has 7 heteroatoms. The van der Waals surface area contributed by atoms with Crippen LogP contribution in [-0.2, 0) is 17.8 Å². The number of fused-ring (bicyclic) bond motifs is 1. The van der Waals surface area contributed by atoms with Gasteiger partial charge in [-0.1, -0.05) is 18.2 Å². The lowest BCUT2D eigenvalue weighted by atomic mass is 10.0. The van der Waals surface area contributed by atoms with Gasteiger partial charge in [0, 0.05) is 18.2 Å². The van der Waals surface area contributed by atoms with Crippen LogP contribution in [0.4, 0.5) is 0 Å². The Hall–Kier alpha value is -3.22. The van der Waals surface area contributed by atoms with Gasteiger partial charge in [0.25, 0.3) is 0 Å². The summed E-state index contributed by atoms with van der Waals surface area (Å²) in [6, 6.07) is 11.9. The molecule has 1 aromatic carbocycles. The highest BCUT2D eigenvalue weighted by atomic mass is 16.5. The third-order valence-corrected chi connectivity index (χ3v) is 4.07. The number of amides is 1. The highest BCUT2D eigenvalue weighted by Gasteiger charge is 2.26. The number of nitrogens with zero attached hydrogens (tertiary/aromatic N) is 4. The van der Waals surface area contributed by atoms with Crippen LogP contribution < -0.4 is 10.1 Å². The number of para-hydroxylation sites is 1. The number of carbonyl (C=O) groups is 1. The molecule has 126 valence electrons. The summed E-state index contributed by atoms with van der Waals surface area (Å²) in [5.74, 6) is 0.742. The van der Waals surface area contributed by atoms with E-state index in [1.165, 1.54) is 17.3 Å². The van der Waals surface area contributed by atoms with Crippen molar-refractivity contribution >= 4 is 5.91 Å². The molecule has 1 N–H and O–H groups in total. The Morgan fingerprint density at radius 2 is 2.24 bits per heavy atom. The van der Waals surface area contributed by atoms with E-state index in [-0.39, 0.29) is 18.6 Å². The number of hydrogen-bond donors (Lipinski definition) is 1. The van der Waals surface area contributed by atoms with Gasteiger partial charge < -0.3 is 10.1 Å². The van der Waals surface area contributed by atoms with Gasteiger partial charge >= 0.3 is 0 Å². The minimum absolute atomic E-state index is 0.0837. The maximum atomic E-state index is 12.0. The second-order valence-corrected chi connectivity index (χ2v) is 5.85. The van der Waals surface area contributed by atoms with Crippen LogP contribution in [0.15, 0.2) is 55.2 Å². The van der Waals surface area contributed by atoms with Crippen molar-refractivity contribution in [2.24, 2.45) is 0 Å². The molecule has 0 fully saturated rings. The number of carbonyl (C=O) groups excluding carboxylic acids is 1. The van der Waals surface area contributed by atoms with E-state index >= 15 is 0 Å². The number of pyridine rings is 1. The first kappa shape index (κ1) is 15.3. The Morgan fingerprint density at radius 3 is 3.04 bits per heavy atom. The summed E-state index contributed by atoms with van der Waals surface area (Å²) < 4.78 is 7.57. The molecule has 3 heterocycles. The molecule has 1 aliphatic rings. The summed E-state index contributed by atoms with van der Waals surface area (Å²) in [5.41, 5.74) is 3.00. The van der Waals surface area contributed by atoms with Gasteiger partial charge in [0.2, 0.25) is 5.91 Å². The third-order valence-electron chi connectivity index (χ3n) is 4.07. The Kier molecular flexibility index (Phi) is 4.12. The summed E-state index contributed by atoms with van der Waals surface area (Å²) >= 11 is 0. The molecule has 0 radical (unpaired) electrons. The summed E-state index contributed by atoms with van der Waals surface area (Å²) in [6.45, 7) is 0.600. The number of nitrogens with one attached hydrogen (secondary N) is 1. The van der Waals surface area contributed by atoms with Gasteiger partial charge in [-0.15, -0.1) is 0 Å². The lowest BCUT2D eigenvalue weighted by Gasteiger charge is -2.13. The Morgan fingerprint density at radius 1 is 1.28 bits per heavy atom. The van der Waals surface area contributed by atoms with Crippen molar-refractivity contribution in [3.8, 4) is 17.0 Å². The molecule has 7 nitrogen and oxygen atoms in total. The van der Waals surface area contributed by atoms with Crippen LogP contribution in [0.25, 0.3) is 11.3 Å². The molecule has 4 rings (SSSR count). The lowest BCUT2D eigenvalue weighted by Crippen LogP contribution is -2.36. The van der Waals surface area contributed by atoms with Crippen molar-refractivity contribution in [2.45, 2.75) is 19.1 Å². The molecule has 25 heavy (non-hydrogen) atoms. The summed E-state index contributed by atoms with van der Waals surface area (Å²) in [5, 5.41) is 6.81. The zero-order valence-corrected chi connectivity index (χ0v) is 13.5. The average molecular weight is 335 g/mol.